The molecule has 198 valence electrons. The normalized spacial score (nSPS) is 12.2. The molecule has 0 aliphatic rings. The molecule has 0 aliphatic heterocycles. The molecule has 5 nitrogen and oxygen atoms in total. The van der Waals surface area contributed by atoms with Gasteiger partial charge in [-0.3, -0.25) is 4.98 Å². The first-order valence-electron chi connectivity index (χ1n) is 12.8. The van der Waals surface area contributed by atoms with Gasteiger partial charge in [0.25, 0.3) is 0 Å². The summed E-state index contributed by atoms with van der Waals surface area (Å²) < 4.78 is 24.4. The Morgan fingerprint density at radius 1 is 0.700 bits per heavy atom. The number of fused-ring (bicyclic) bond motifs is 2. The molecule has 0 radical (unpaired) electrons. The molecule has 0 N–H and O–H groups in total. The van der Waals surface area contributed by atoms with E-state index in [4.69, 9.17) is 21.6 Å². The second-order valence-corrected chi connectivity index (χ2v) is 13.4. The number of rotatable bonds is 5. The molecule has 40 heavy (non-hydrogen) atoms. The molecule has 0 unspecified atom stereocenters. The maximum Gasteiger partial charge on any atom is 0.156 e. The number of benzene rings is 4. The third kappa shape index (κ3) is 4.63. The molecule has 0 bridgehead atoms. The summed E-state index contributed by atoms with van der Waals surface area (Å²) >= 11 is 6.18. The summed E-state index contributed by atoms with van der Waals surface area (Å²) in [5, 5.41) is 1.53. The number of hydrogen-bond donors (Lipinski definition) is 0. The summed E-state index contributed by atoms with van der Waals surface area (Å²) in [6, 6.07) is 31.2. The standard InChI is InChI=1S/C33H26ClN3O2S/c1-33(2,40(3,38)39)25-19-24-10-7-17-35-30(24)27(20-25)22-8-6-9-23(18-22)32-31(21-13-15-26(34)16-14-21)36-28-11-4-5-12-29(28)37-32/h4-20H,1-3H3. The van der Waals surface area contributed by atoms with Crippen molar-refractivity contribution < 1.29 is 8.42 Å². The predicted molar refractivity (Wildman–Crippen MR) is 164 cm³/mol. The highest BCUT2D eigenvalue weighted by Crippen LogP contribution is 2.38. The Bertz CT molecular complexity index is 2020. The zero-order valence-electron chi connectivity index (χ0n) is 22.3. The molecule has 4 aromatic carbocycles. The SMILES string of the molecule is CC(C)(c1cc(-c2cccc(-c3nc4ccccc4nc3-c3ccc(Cl)cc3)c2)c2ncccc2c1)S(C)(=O)=O. The lowest BCUT2D eigenvalue weighted by molar-refractivity contribution is 0.561. The van der Waals surface area contributed by atoms with Crippen molar-refractivity contribution in [3.05, 3.63) is 114 Å². The van der Waals surface area contributed by atoms with Crippen LogP contribution < -0.4 is 0 Å². The Labute approximate surface area is 238 Å². The molecule has 2 heterocycles. The van der Waals surface area contributed by atoms with Gasteiger partial charge in [-0.1, -0.05) is 60.1 Å². The minimum atomic E-state index is -3.38. The summed E-state index contributed by atoms with van der Waals surface area (Å²) in [6.07, 6.45) is 3.03. The molecule has 0 aliphatic carbocycles. The topological polar surface area (TPSA) is 72.8 Å². The quantitative estimate of drug-likeness (QED) is 0.212. The Morgan fingerprint density at radius 3 is 2.02 bits per heavy atom. The van der Waals surface area contributed by atoms with Gasteiger partial charge < -0.3 is 0 Å². The fourth-order valence-electron chi connectivity index (χ4n) is 4.82. The van der Waals surface area contributed by atoms with Crippen molar-refractivity contribution in [1.82, 2.24) is 15.0 Å². The van der Waals surface area contributed by atoms with Crippen molar-refractivity contribution in [2.24, 2.45) is 0 Å². The van der Waals surface area contributed by atoms with E-state index in [1.807, 2.05) is 91.0 Å². The van der Waals surface area contributed by atoms with Gasteiger partial charge in [0, 0.05) is 39.6 Å². The Kier molecular flexibility index (Phi) is 6.40. The molecule has 0 fully saturated rings. The van der Waals surface area contributed by atoms with Gasteiger partial charge in [-0.25, -0.2) is 18.4 Å². The fraction of sp³-hybridized carbons (Fsp3) is 0.121. The first-order valence-corrected chi connectivity index (χ1v) is 15.1. The Morgan fingerprint density at radius 2 is 1.35 bits per heavy atom. The molecule has 0 spiro atoms. The van der Waals surface area contributed by atoms with Gasteiger partial charge in [0.15, 0.2) is 9.84 Å². The largest absolute Gasteiger partial charge is 0.256 e. The molecular weight excluding hydrogens is 538 g/mol. The van der Waals surface area contributed by atoms with E-state index in [0.717, 1.165) is 55.6 Å². The number of para-hydroxylation sites is 2. The third-order valence-electron chi connectivity index (χ3n) is 7.46. The van der Waals surface area contributed by atoms with Crippen LogP contribution in [0.1, 0.15) is 19.4 Å². The Hall–Kier alpha value is -4.13. The second-order valence-electron chi connectivity index (χ2n) is 10.4. The van der Waals surface area contributed by atoms with E-state index in [1.54, 1.807) is 20.0 Å². The van der Waals surface area contributed by atoms with E-state index in [0.29, 0.717) is 10.6 Å². The average Bonchev–Trinajstić information content (AvgIpc) is 2.96. The second kappa shape index (κ2) is 9.81. The van der Waals surface area contributed by atoms with Crippen LogP contribution in [0.4, 0.5) is 0 Å². The van der Waals surface area contributed by atoms with E-state index in [1.165, 1.54) is 6.26 Å². The average molecular weight is 564 g/mol. The van der Waals surface area contributed by atoms with Crippen LogP contribution in [-0.2, 0) is 14.6 Å². The van der Waals surface area contributed by atoms with Crippen LogP contribution >= 0.6 is 11.6 Å². The molecular formula is C33H26ClN3O2S. The van der Waals surface area contributed by atoms with Gasteiger partial charge in [0.2, 0.25) is 0 Å². The number of halogens is 1. The highest BCUT2D eigenvalue weighted by Gasteiger charge is 2.33. The molecule has 2 aromatic heterocycles. The smallest absolute Gasteiger partial charge is 0.156 e. The number of aromatic nitrogens is 3. The van der Waals surface area contributed by atoms with Crippen molar-refractivity contribution in [2.75, 3.05) is 6.26 Å². The van der Waals surface area contributed by atoms with E-state index >= 15 is 0 Å². The highest BCUT2D eigenvalue weighted by atomic mass is 35.5. The van der Waals surface area contributed by atoms with Gasteiger partial charge in [0.1, 0.15) is 0 Å². The fourth-order valence-corrected chi connectivity index (χ4v) is 5.49. The summed E-state index contributed by atoms with van der Waals surface area (Å²) in [6.45, 7) is 3.48. The van der Waals surface area contributed by atoms with Crippen molar-refractivity contribution in [3.8, 4) is 33.6 Å². The minimum absolute atomic E-state index is 0.650. The van der Waals surface area contributed by atoms with Crippen LogP contribution in [-0.4, -0.2) is 29.6 Å². The molecule has 0 saturated heterocycles. The maximum atomic E-state index is 12.7. The zero-order valence-corrected chi connectivity index (χ0v) is 23.8. The van der Waals surface area contributed by atoms with E-state index in [9.17, 15) is 8.42 Å². The van der Waals surface area contributed by atoms with Crippen LogP contribution in [0.15, 0.2) is 103 Å². The summed E-state index contributed by atoms with van der Waals surface area (Å²) in [5.41, 5.74) is 8.17. The summed E-state index contributed by atoms with van der Waals surface area (Å²) in [7, 11) is -3.38. The van der Waals surface area contributed by atoms with Crippen LogP contribution in [0.5, 0.6) is 0 Å². The number of nitrogens with zero attached hydrogens (tertiary/aromatic N) is 3. The zero-order chi connectivity index (χ0) is 28.1. The summed E-state index contributed by atoms with van der Waals surface area (Å²) in [4.78, 5) is 14.7. The van der Waals surface area contributed by atoms with Crippen LogP contribution in [0.3, 0.4) is 0 Å². The Balaban J connectivity index is 1.59. The molecule has 7 heteroatoms. The van der Waals surface area contributed by atoms with Crippen LogP contribution in [0.25, 0.3) is 55.6 Å². The van der Waals surface area contributed by atoms with Crippen molar-refractivity contribution in [3.63, 3.8) is 0 Å². The lowest BCUT2D eigenvalue weighted by Gasteiger charge is -2.24. The third-order valence-corrected chi connectivity index (χ3v) is 9.80. The van der Waals surface area contributed by atoms with Crippen LogP contribution in [0.2, 0.25) is 5.02 Å². The molecule has 6 rings (SSSR count). The molecule has 0 amide bonds. The van der Waals surface area contributed by atoms with Crippen molar-refractivity contribution in [1.29, 1.82) is 0 Å². The van der Waals surface area contributed by atoms with Crippen molar-refractivity contribution in [2.45, 2.75) is 18.6 Å². The van der Waals surface area contributed by atoms with Crippen molar-refractivity contribution >= 4 is 43.4 Å². The maximum absolute atomic E-state index is 12.7. The van der Waals surface area contributed by atoms with Gasteiger partial charge >= 0.3 is 0 Å². The monoisotopic (exact) mass is 563 g/mol. The number of pyridine rings is 1. The summed E-state index contributed by atoms with van der Waals surface area (Å²) in [5.74, 6) is 0. The first kappa shape index (κ1) is 26.1. The molecule has 0 saturated carbocycles. The van der Waals surface area contributed by atoms with Crippen LogP contribution in [0, 0.1) is 0 Å². The van der Waals surface area contributed by atoms with E-state index in [-0.39, 0.29) is 0 Å². The van der Waals surface area contributed by atoms with Gasteiger partial charge in [-0.2, -0.15) is 0 Å². The first-order chi connectivity index (χ1) is 19.1. The van der Waals surface area contributed by atoms with Gasteiger partial charge in [0.05, 0.1) is 32.7 Å². The number of hydrogen-bond acceptors (Lipinski definition) is 5. The predicted octanol–water partition coefficient (Wildman–Crippen LogP) is 8.11. The van der Waals surface area contributed by atoms with E-state index < -0.39 is 14.6 Å². The minimum Gasteiger partial charge on any atom is -0.256 e. The number of sulfone groups is 1. The molecule has 0 atom stereocenters. The van der Waals surface area contributed by atoms with Gasteiger partial charge in [-0.15, -0.1) is 0 Å². The van der Waals surface area contributed by atoms with Gasteiger partial charge in [-0.05, 0) is 73.5 Å². The lowest BCUT2D eigenvalue weighted by atomic mass is 9.92. The highest BCUT2D eigenvalue weighted by molar-refractivity contribution is 7.91. The molecule has 6 aromatic rings. The lowest BCUT2D eigenvalue weighted by Crippen LogP contribution is -2.28. The van der Waals surface area contributed by atoms with E-state index in [2.05, 4.69) is 11.1 Å².